The third-order valence-electron chi connectivity index (χ3n) is 3.30. The molecule has 0 bridgehead atoms. The fourth-order valence-corrected chi connectivity index (χ4v) is 2.17. The average molecular weight is 349 g/mol. The molecule has 24 heavy (non-hydrogen) atoms. The maximum absolute atomic E-state index is 13.9. The number of carbonyl (C=O) groups is 2. The van der Waals surface area contributed by atoms with Crippen molar-refractivity contribution in [2.45, 2.75) is 26.3 Å². The maximum Gasteiger partial charge on any atom is 0.275 e. The second-order valence-corrected chi connectivity index (χ2v) is 6.68. The van der Waals surface area contributed by atoms with E-state index in [9.17, 15) is 14.0 Å². The van der Waals surface area contributed by atoms with Crippen LogP contribution in [0.15, 0.2) is 48.5 Å². The summed E-state index contributed by atoms with van der Waals surface area (Å²) in [6.07, 6.45) is 0. The van der Waals surface area contributed by atoms with Crippen LogP contribution in [0.1, 0.15) is 41.5 Å². The zero-order chi connectivity index (χ0) is 17.9. The average Bonchev–Trinajstić information content (AvgIpc) is 2.52. The van der Waals surface area contributed by atoms with Gasteiger partial charge in [-0.05, 0) is 57.2 Å². The minimum atomic E-state index is -0.749. The fraction of sp³-hybridized carbons (Fsp3) is 0.222. The van der Waals surface area contributed by atoms with Gasteiger partial charge in [0.1, 0.15) is 5.82 Å². The Morgan fingerprint density at radius 2 is 1.62 bits per heavy atom. The van der Waals surface area contributed by atoms with E-state index in [1.54, 1.807) is 51.1 Å². The van der Waals surface area contributed by atoms with E-state index in [0.29, 0.717) is 10.6 Å². The van der Waals surface area contributed by atoms with Crippen LogP contribution in [0.3, 0.4) is 0 Å². The van der Waals surface area contributed by atoms with E-state index < -0.39 is 23.2 Å². The molecule has 0 radical (unpaired) electrons. The molecule has 0 aliphatic carbocycles. The van der Waals surface area contributed by atoms with E-state index in [-0.39, 0.29) is 5.56 Å². The van der Waals surface area contributed by atoms with Gasteiger partial charge in [0.05, 0.1) is 11.1 Å². The maximum atomic E-state index is 13.9. The Morgan fingerprint density at radius 1 is 1.04 bits per heavy atom. The SMILES string of the molecule is CC(C)(C)N(NC(=O)c1ccc(Cl)cc1)C(=O)c1ccccc1F. The third kappa shape index (κ3) is 4.11. The summed E-state index contributed by atoms with van der Waals surface area (Å²) in [5.74, 6) is -1.74. The van der Waals surface area contributed by atoms with Crippen molar-refractivity contribution in [3.05, 3.63) is 70.5 Å². The Labute approximate surface area is 145 Å². The van der Waals surface area contributed by atoms with Gasteiger partial charge in [-0.15, -0.1) is 0 Å². The largest absolute Gasteiger partial charge is 0.275 e. The normalized spacial score (nSPS) is 11.0. The zero-order valence-electron chi connectivity index (χ0n) is 13.6. The molecule has 0 spiro atoms. The summed E-state index contributed by atoms with van der Waals surface area (Å²) in [7, 11) is 0. The third-order valence-corrected chi connectivity index (χ3v) is 3.55. The topological polar surface area (TPSA) is 49.4 Å². The van der Waals surface area contributed by atoms with Gasteiger partial charge in [-0.1, -0.05) is 23.7 Å². The van der Waals surface area contributed by atoms with E-state index in [2.05, 4.69) is 5.43 Å². The molecular formula is C18H18ClFN2O2. The molecule has 0 saturated carbocycles. The minimum Gasteiger partial charge on any atom is -0.267 e. The van der Waals surface area contributed by atoms with Gasteiger partial charge in [-0.3, -0.25) is 15.0 Å². The molecule has 0 fully saturated rings. The number of nitrogens with one attached hydrogen (secondary N) is 1. The van der Waals surface area contributed by atoms with Crippen molar-refractivity contribution in [3.8, 4) is 0 Å². The van der Waals surface area contributed by atoms with Crippen molar-refractivity contribution in [1.82, 2.24) is 10.4 Å². The highest BCUT2D eigenvalue weighted by molar-refractivity contribution is 6.30. The van der Waals surface area contributed by atoms with E-state index in [4.69, 9.17) is 11.6 Å². The number of nitrogens with zero attached hydrogens (tertiary/aromatic N) is 1. The van der Waals surface area contributed by atoms with Gasteiger partial charge >= 0.3 is 0 Å². The van der Waals surface area contributed by atoms with Gasteiger partial charge in [-0.2, -0.15) is 0 Å². The first-order chi connectivity index (χ1) is 11.2. The molecule has 0 aromatic heterocycles. The van der Waals surface area contributed by atoms with Gasteiger partial charge in [0, 0.05) is 10.6 Å². The van der Waals surface area contributed by atoms with E-state index in [1.165, 1.54) is 18.2 Å². The summed E-state index contributed by atoms with van der Waals surface area (Å²) in [6, 6.07) is 11.9. The van der Waals surface area contributed by atoms with Crippen LogP contribution in [0.2, 0.25) is 5.02 Å². The molecule has 1 N–H and O–H groups in total. The lowest BCUT2D eigenvalue weighted by molar-refractivity contribution is 0.0355. The zero-order valence-corrected chi connectivity index (χ0v) is 14.4. The molecule has 0 aliphatic rings. The Morgan fingerprint density at radius 3 is 2.17 bits per heavy atom. The van der Waals surface area contributed by atoms with Crippen LogP contribution in [-0.2, 0) is 0 Å². The number of hydrogen-bond donors (Lipinski definition) is 1. The molecule has 0 unspecified atom stereocenters. The van der Waals surface area contributed by atoms with E-state index >= 15 is 0 Å². The summed E-state index contributed by atoms with van der Waals surface area (Å²) < 4.78 is 13.9. The molecule has 0 saturated heterocycles. The Hall–Kier alpha value is -2.40. The van der Waals surface area contributed by atoms with Gasteiger partial charge in [-0.25, -0.2) is 9.40 Å². The van der Waals surface area contributed by atoms with Crippen LogP contribution >= 0.6 is 11.6 Å². The predicted octanol–water partition coefficient (Wildman–Crippen LogP) is 4.06. The fourth-order valence-electron chi connectivity index (χ4n) is 2.05. The smallest absolute Gasteiger partial charge is 0.267 e. The van der Waals surface area contributed by atoms with Crippen molar-refractivity contribution in [1.29, 1.82) is 0 Å². The van der Waals surface area contributed by atoms with Crippen molar-refractivity contribution in [2.75, 3.05) is 0 Å². The number of amides is 2. The van der Waals surface area contributed by atoms with Crippen molar-refractivity contribution in [2.24, 2.45) is 0 Å². The molecule has 2 rings (SSSR count). The second kappa shape index (κ2) is 7.01. The van der Waals surface area contributed by atoms with Crippen LogP contribution in [0.25, 0.3) is 0 Å². The monoisotopic (exact) mass is 348 g/mol. The second-order valence-electron chi connectivity index (χ2n) is 6.24. The van der Waals surface area contributed by atoms with Crippen LogP contribution in [0.5, 0.6) is 0 Å². The highest BCUT2D eigenvalue weighted by Gasteiger charge is 2.30. The molecule has 6 heteroatoms. The highest BCUT2D eigenvalue weighted by Crippen LogP contribution is 2.18. The lowest BCUT2D eigenvalue weighted by Gasteiger charge is -2.35. The van der Waals surface area contributed by atoms with Gasteiger partial charge in [0.15, 0.2) is 0 Å². The van der Waals surface area contributed by atoms with Crippen LogP contribution < -0.4 is 5.43 Å². The number of carbonyl (C=O) groups excluding carboxylic acids is 2. The minimum absolute atomic E-state index is 0.108. The Bertz CT molecular complexity index is 754. The summed E-state index contributed by atoms with van der Waals surface area (Å²) in [5, 5.41) is 1.63. The molecule has 2 amide bonds. The van der Waals surface area contributed by atoms with Crippen molar-refractivity contribution in [3.63, 3.8) is 0 Å². The quantitative estimate of drug-likeness (QED) is 0.832. The van der Waals surface area contributed by atoms with Gasteiger partial charge in [0.25, 0.3) is 11.8 Å². The lowest BCUT2D eigenvalue weighted by atomic mass is 10.1. The predicted molar refractivity (Wildman–Crippen MR) is 91.2 cm³/mol. The molecule has 2 aromatic carbocycles. The molecule has 0 aliphatic heterocycles. The molecule has 4 nitrogen and oxygen atoms in total. The molecule has 126 valence electrons. The van der Waals surface area contributed by atoms with Crippen molar-refractivity contribution < 1.29 is 14.0 Å². The first-order valence-corrected chi connectivity index (χ1v) is 7.73. The molecule has 0 atom stereocenters. The van der Waals surface area contributed by atoms with E-state index in [0.717, 1.165) is 5.01 Å². The summed E-state index contributed by atoms with van der Waals surface area (Å²) in [6.45, 7) is 5.23. The van der Waals surface area contributed by atoms with Gasteiger partial charge < -0.3 is 0 Å². The summed E-state index contributed by atoms with van der Waals surface area (Å²) in [4.78, 5) is 25.1. The molecule has 2 aromatic rings. The number of benzene rings is 2. The Balaban J connectivity index is 2.30. The van der Waals surface area contributed by atoms with Crippen molar-refractivity contribution >= 4 is 23.4 Å². The van der Waals surface area contributed by atoms with Crippen LogP contribution in [0, 0.1) is 5.82 Å². The number of halogens is 2. The Kier molecular flexibility index (Phi) is 5.24. The highest BCUT2D eigenvalue weighted by atomic mass is 35.5. The molecule has 0 heterocycles. The standard InChI is InChI=1S/C18H18ClFN2O2/c1-18(2,3)22(17(24)14-6-4-5-7-15(14)20)21-16(23)12-8-10-13(19)11-9-12/h4-11H,1-3H3,(H,21,23). The summed E-state index contributed by atoms with van der Waals surface area (Å²) in [5.41, 5.74) is 2.04. The number of hydrogen-bond acceptors (Lipinski definition) is 2. The lowest BCUT2D eigenvalue weighted by Crippen LogP contribution is -2.56. The first-order valence-electron chi connectivity index (χ1n) is 7.36. The summed E-state index contributed by atoms with van der Waals surface area (Å²) >= 11 is 5.80. The first kappa shape index (κ1) is 17.9. The van der Waals surface area contributed by atoms with Crippen LogP contribution in [0.4, 0.5) is 4.39 Å². The molecular weight excluding hydrogens is 331 g/mol. The van der Waals surface area contributed by atoms with Crippen LogP contribution in [-0.4, -0.2) is 22.4 Å². The van der Waals surface area contributed by atoms with E-state index in [1.807, 2.05) is 0 Å². The van der Waals surface area contributed by atoms with Gasteiger partial charge in [0.2, 0.25) is 0 Å². The number of rotatable bonds is 2. The number of hydrazine groups is 1.